The Kier molecular flexibility index (Phi) is 3.64. The van der Waals surface area contributed by atoms with Crippen LogP contribution in [0.4, 0.5) is 4.79 Å². The number of hydrogen-bond donors (Lipinski definition) is 2. The molecule has 7 heteroatoms. The molecule has 1 aliphatic carbocycles. The number of nitrogens with zero attached hydrogens (tertiary/aromatic N) is 1. The zero-order chi connectivity index (χ0) is 14.0. The number of allylic oxidation sites excluding steroid dienone is 2. The number of carbonyl (C=O) groups is 4. The van der Waals surface area contributed by atoms with Gasteiger partial charge in [0.2, 0.25) is 17.7 Å². The lowest BCUT2D eigenvalue weighted by Crippen LogP contribution is -2.45. The molecule has 0 bridgehead atoms. The summed E-state index contributed by atoms with van der Waals surface area (Å²) in [6.45, 7) is -0.405. The topological polar surface area (TPSA) is 95.6 Å². The number of urea groups is 1. The van der Waals surface area contributed by atoms with Gasteiger partial charge in [-0.25, -0.2) is 4.79 Å². The predicted octanol–water partition coefficient (Wildman–Crippen LogP) is -0.607. The molecule has 5 amide bonds. The SMILES string of the molecule is CNC(=O)NC(=O)CN1C(=O)[C@H]2CC=CC[C@@H]2C1=O. The summed E-state index contributed by atoms with van der Waals surface area (Å²) in [6, 6.07) is -0.664. The second-order valence-corrected chi connectivity index (χ2v) is 4.55. The fourth-order valence-electron chi connectivity index (χ4n) is 2.40. The van der Waals surface area contributed by atoms with Crippen molar-refractivity contribution in [3.63, 3.8) is 0 Å². The Bertz CT molecular complexity index is 446. The Hall–Kier alpha value is -2.18. The van der Waals surface area contributed by atoms with Crippen molar-refractivity contribution in [2.24, 2.45) is 11.8 Å². The molecule has 1 heterocycles. The first kappa shape index (κ1) is 13.3. The second kappa shape index (κ2) is 5.21. The van der Waals surface area contributed by atoms with Crippen LogP contribution in [0, 0.1) is 11.8 Å². The molecule has 0 saturated carbocycles. The summed E-state index contributed by atoms with van der Waals surface area (Å²) in [5.41, 5.74) is 0. The van der Waals surface area contributed by atoms with Gasteiger partial charge < -0.3 is 5.32 Å². The van der Waals surface area contributed by atoms with E-state index in [-0.39, 0.29) is 23.7 Å². The third kappa shape index (κ3) is 2.49. The van der Waals surface area contributed by atoms with Crippen LogP contribution < -0.4 is 10.6 Å². The number of nitrogens with one attached hydrogen (secondary N) is 2. The molecular formula is C12H15N3O4. The van der Waals surface area contributed by atoms with Crippen molar-refractivity contribution in [2.75, 3.05) is 13.6 Å². The van der Waals surface area contributed by atoms with E-state index in [0.717, 1.165) is 4.90 Å². The molecule has 0 unspecified atom stereocenters. The molecule has 2 aliphatic rings. The predicted molar refractivity (Wildman–Crippen MR) is 64.7 cm³/mol. The van der Waals surface area contributed by atoms with Gasteiger partial charge in [-0.3, -0.25) is 24.6 Å². The summed E-state index contributed by atoms with van der Waals surface area (Å²) in [4.78, 5) is 47.5. The summed E-state index contributed by atoms with van der Waals surface area (Å²) in [6.07, 6.45) is 4.81. The van der Waals surface area contributed by atoms with Crippen LogP contribution in [-0.4, -0.2) is 42.2 Å². The quantitative estimate of drug-likeness (QED) is 0.514. The lowest BCUT2D eigenvalue weighted by atomic mass is 9.85. The van der Waals surface area contributed by atoms with Crippen LogP contribution in [0.2, 0.25) is 0 Å². The molecule has 0 aromatic carbocycles. The molecule has 0 spiro atoms. The van der Waals surface area contributed by atoms with Gasteiger partial charge in [0.15, 0.2) is 0 Å². The third-order valence-corrected chi connectivity index (χ3v) is 3.38. The summed E-state index contributed by atoms with van der Waals surface area (Å²) in [7, 11) is 1.37. The van der Waals surface area contributed by atoms with Gasteiger partial charge in [-0.15, -0.1) is 0 Å². The molecule has 0 radical (unpaired) electrons. The Morgan fingerprint density at radius 1 is 1.21 bits per heavy atom. The molecule has 0 aromatic rings. The molecule has 102 valence electrons. The van der Waals surface area contributed by atoms with E-state index in [1.165, 1.54) is 7.05 Å². The van der Waals surface area contributed by atoms with Crippen LogP contribution in [0.5, 0.6) is 0 Å². The first-order chi connectivity index (χ1) is 9.04. The standard InChI is InChI=1S/C12H15N3O4/c1-13-12(19)14-9(16)6-15-10(17)7-4-2-3-5-8(7)11(15)18/h2-3,7-8H,4-6H2,1H3,(H2,13,14,16,19)/t7-,8-/m0/s1. The van der Waals surface area contributed by atoms with Crippen molar-refractivity contribution in [3.05, 3.63) is 12.2 Å². The molecule has 1 aliphatic heterocycles. The van der Waals surface area contributed by atoms with Gasteiger partial charge in [-0.1, -0.05) is 12.2 Å². The van der Waals surface area contributed by atoms with Crippen LogP contribution in [0.3, 0.4) is 0 Å². The number of imide groups is 2. The van der Waals surface area contributed by atoms with E-state index in [1.807, 2.05) is 17.5 Å². The Labute approximate surface area is 110 Å². The maximum absolute atomic E-state index is 12.0. The molecule has 7 nitrogen and oxygen atoms in total. The van der Waals surface area contributed by atoms with Crippen molar-refractivity contribution in [2.45, 2.75) is 12.8 Å². The zero-order valence-electron chi connectivity index (χ0n) is 10.5. The van der Waals surface area contributed by atoms with Crippen LogP contribution in [0.1, 0.15) is 12.8 Å². The first-order valence-corrected chi connectivity index (χ1v) is 6.06. The van der Waals surface area contributed by atoms with Gasteiger partial charge >= 0.3 is 6.03 Å². The summed E-state index contributed by atoms with van der Waals surface area (Å²) < 4.78 is 0. The number of hydrogen-bond acceptors (Lipinski definition) is 4. The lowest BCUT2D eigenvalue weighted by Gasteiger charge is -2.14. The molecule has 19 heavy (non-hydrogen) atoms. The minimum Gasteiger partial charge on any atom is -0.341 e. The van der Waals surface area contributed by atoms with Gasteiger partial charge in [-0.2, -0.15) is 0 Å². The van der Waals surface area contributed by atoms with Gasteiger partial charge in [0.1, 0.15) is 6.54 Å². The molecule has 1 fully saturated rings. The van der Waals surface area contributed by atoms with Gasteiger partial charge in [0.05, 0.1) is 11.8 Å². The minimum absolute atomic E-state index is 0.327. The van der Waals surface area contributed by atoms with Gasteiger partial charge in [0, 0.05) is 7.05 Å². The van der Waals surface area contributed by atoms with E-state index in [9.17, 15) is 19.2 Å². The highest BCUT2D eigenvalue weighted by Gasteiger charge is 2.47. The normalized spacial score (nSPS) is 25.2. The molecular weight excluding hydrogens is 250 g/mol. The maximum atomic E-state index is 12.0. The molecule has 2 rings (SSSR count). The minimum atomic E-state index is -0.673. The fraction of sp³-hybridized carbons (Fsp3) is 0.500. The summed E-state index contributed by atoms with van der Waals surface area (Å²) in [5.74, 6) is -2.04. The fourth-order valence-corrected chi connectivity index (χ4v) is 2.40. The lowest BCUT2D eigenvalue weighted by molar-refractivity contribution is -0.143. The number of likely N-dealkylation sites (tertiary alicyclic amines) is 1. The smallest absolute Gasteiger partial charge is 0.321 e. The molecule has 1 saturated heterocycles. The van der Waals surface area contributed by atoms with E-state index in [4.69, 9.17) is 0 Å². The monoisotopic (exact) mass is 265 g/mol. The number of fused-ring (bicyclic) bond motifs is 1. The number of rotatable bonds is 2. The maximum Gasteiger partial charge on any atom is 0.321 e. The van der Waals surface area contributed by atoms with Crippen LogP contribution >= 0.6 is 0 Å². The van der Waals surface area contributed by atoms with Gasteiger partial charge in [0.25, 0.3) is 0 Å². The third-order valence-electron chi connectivity index (χ3n) is 3.38. The highest BCUT2D eigenvalue weighted by atomic mass is 16.2. The Morgan fingerprint density at radius 3 is 2.21 bits per heavy atom. The van der Waals surface area contributed by atoms with Crippen LogP contribution in [0.25, 0.3) is 0 Å². The van der Waals surface area contributed by atoms with E-state index in [0.29, 0.717) is 12.8 Å². The first-order valence-electron chi connectivity index (χ1n) is 6.06. The summed E-state index contributed by atoms with van der Waals surface area (Å²) in [5, 5.41) is 4.25. The van der Waals surface area contributed by atoms with Crippen molar-refractivity contribution < 1.29 is 19.2 Å². The average molecular weight is 265 g/mol. The average Bonchev–Trinajstić information content (AvgIpc) is 2.64. The van der Waals surface area contributed by atoms with Crippen LogP contribution in [-0.2, 0) is 14.4 Å². The van der Waals surface area contributed by atoms with E-state index in [1.54, 1.807) is 0 Å². The second-order valence-electron chi connectivity index (χ2n) is 4.55. The Balaban J connectivity index is 2.02. The molecule has 2 N–H and O–H groups in total. The van der Waals surface area contributed by atoms with Crippen LogP contribution in [0.15, 0.2) is 12.2 Å². The van der Waals surface area contributed by atoms with Gasteiger partial charge in [-0.05, 0) is 12.8 Å². The number of amides is 5. The van der Waals surface area contributed by atoms with E-state index < -0.39 is 18.5 Å². The van der Waals surface area contributed by atoms with Crippen molar-refractivity contribution in [3.8, 4) is 0 Å². The zero-order valence-corrected chi connectivity index (χ0v) is 10.5. The highest BCUT2D eigenvalue weighted by Crippen LogP contribution is 2.34. The van der Waals surface area contributed by atoms with Crippen molar-refractivity contribution >= 4 is 23.8 Å². The van der Waals surface area contributed by atoms with E-state index >= 15 is 0 Å². The number of carbonyl (C=O) groups excluding carboxylic acids is 4. The van der Waals surface area contributed by atoms with Crippen molar-refractivity contribution in [1.29, 1.82) is 0 Å². The molecule has 2 atom stereocenters. The van der Waals surface area contributed by atoms with E-state index in [2.05, 4.69) is 5.32 Å². The largest absolute Gasteiger partial charge is 0.341 e. The Morgan fingerprint density at radius 2 is 1.74 bits per heavy atom. The highest BCUT2D eigenvalue weighted by molar-refractivity contribution is 6.08. The van der Waals surface area contributed by atoms with Crippen molar-refractivity contribution in [1.82, 2.24) is 15.5 Å². The summed E-state index contributed by atoms with van der Waals surface area (Å²) >= 11 is 0. The molecule has 0 aromatic heterocycles.